The molecule has 0 saturated carbocycles. The van der Waals surface area contributed by atoms with Gasteiger partial charge in [-0.25, -0.2) is 0 Å². The number of alkyl halides is 3. The van der Waals surface area contributed by atoms with E-state index >= 15 is 0 Å². The van der Waals surface area contributed by atoms with Crippen LogP contribution in [0.15, 0.2) is 72.8 Å². The third-order valence-corrected chi connectivity index (χ3v) is 6.61. The average molecular weight is 534 g/mol. The van der Waals surface area contributed by atoms with Crippen molar-refractivity contribution in [1.29, 1.82) is 0 Å². The van der Waals surface area contributed by atoms with E-state index in [1.54, 1.807) is 30.3 Å². The number of nitrogens with zero attached hydrogens (tertiary/aromatic N) is 1. The third kappa shape index (κ3) is 8.79. The van der Waals surface area contributed by atoms with Crippen molar-refractivity contribution in [3.8, 4) is 5.75 Å². The summed E-state index contributed by atoms with van der Waals surface area (Å²) in [5.74, 6) is -0.119. The van der Waals surface area contributed by atoms with Crippen LogP contribution < -0.4 is 4.74 Å². The number of hydrogen-bond acceptors (Lipinski definition) is 3. The summed E-state index contributed by atoms with van der Waals surface area (Å²) >= 11 is 6.20. The summed E-state index contributed by atoms with van der Waals surface area (Å²) in [6, 6.07) is 21.1. The molecule has 198 valence electrons. The maximum atomic E-state index is 13.4. The highest BCUT2D eigenvalue weighted by Gasteiger charge is 2.34. The summed E-state index contributed by atoms with van der Waals surface area (Å²) in [6.45, 7) is 4.00. The van der Waals surface area contributed by atoms with Crippen molar-refractivity contribution in [3.05, 3.63) is 100 Å². The summed E-state index contributed by atoms with van der Waals surface area (Å²) in [7, 11) is 0. The van der Waals surface area contributed by atoms with E-state index in [0.29, 0.717) is 43.0 Å². The number of aliphatic carboxylic acids is 1. The summed E-state index contributed by atoms with van der Waals surface area (Å²) in [4.78, 5) is 13.1. The minimum atomic E-state index is -4.52. The van der Waals surface area contributed by atoms with Gasteiger partial charge < -0.3 is 9.84 Å². The first kappa shape index (κ1) is 28.5. The van der Waals surface area contributed by atoms with E-state index in [2.05, 4.69) is 24.0 Å². The van der Waals surface area contributed by atoms with Crippen LogP contribution in [0.4, 0.5) is 13.2 Å². The Balaban J connectivity index is 1.71. The monoisotopic (exact) mass is 533 g/mol. The van der Waals surface area contributed by atoms with Crippen LogP contribution >= 0.6 is 11.6 Å². The minimum Gasteiger partial charge on any atom is -0.494 e. The van der Waals surface area contributed by atoms with Gasteiger partial charge in [0, 0.05) is 19.6 Å². The second-order valence-electron chi connectivity index (χ2n) is 8.95. The van der Waals surface area contributed by atoms with Crippen LogP contribution in [0, 0.1) is 0 Å². The molecule has 3 rings (SSSR count). The number of hydrogen-bond donors (Lipinski definition) is 1. The van der Waals surface area contributed by atoms with E-state index in [4.69, 9.17) is 21.4 Å². The number of carboxylic acid groups (broad SMARTS) is 1. The number of carbonyl (C=O) groups is 1. The van der Waals surface area contributed by atoms with Gasteiger partial charge in [0.25, 0.3) is 0 Å². The van der Waals surface area contributed by atoms with Gasteiger partial charge in [0.2, 0.25) is 0 Å². The molecule has 0 bridgehead atoms. The Morgan fingerprint density at radius 2 is 1.78 bits per heavy atom. The van der Waals surface area contributed by atoms with Gasteiger partial charge in [0.15, 0.2) is 0 Å². The van der Waals surface area contributed by atoms with Gasteiger partial charge >= 0.3 is 12.1 Å². The highest BCUT2D eigenvalue weighted by molar-refractivity contribution is 6.32. The van der Waals surface area contributed by atoms with E-state index in [9.17, 15) is 18.0 Å². The van der Waals surface area contributed by atoms with E-state index < -0.39 is 17.7 Å². The highest BCUT2D eigenvalue weighted by Crippen LogP contribution is 2.36. The quantitative estimate of drug-likeness (QED) is 0.232. The fourth-order valence-corrected chi connectivity index (χ4v) is 4.59. The Bertz CT molecular complexity index is 1150. The molecule has 0 aliphatic heterocycles. The molecule has 0 aromatic heterocycles. The molecule has 3 aromatic carbocycles. The zero-order valence-electron chi connectivity index (χ0n) is 20.7. The molecular formula is C29H31ClF3NO3. The van der Waals surface area contributed by atoms with Gasteiger partial charge in [-0.1, -0.05) is 73.1 Å². The number of ether oxygens (including phenoxy) is 1. The van der Waals surface area contributed by atoms with E-state index in [1.807, 2.05) is 18.2 Å². The van der Waals surface area contributed by atoms with E-state index in [-0.39, 0.29) is 23.9 Å². The molecule has 3 aromatic rings. The molecule has 0 radical (unpaired) electrons. The van der Waals surface area contributed by atoms with Crippen molar-refractivity contribution in [3.63, 3.8) is 0 Å². The predicted molar refractivity (Wildman–Crippen MR) is 139 cm³/mol. The molecule has 0 aliphatic rings. The summed E-state index contributed by atoms with van der Waals surface area (Å²) in [6.07, 6.45) is -3.09. The van der Waals surface area contributed by atoms with Crippen molar-refractivity contribution in [2.75, 3.05) is 19.7 Å². The first-order chi connectivity index (χ1) is 17.7. The predicted octanol–water partition coefficient (Wildman–Crippen LogP) is 7.45. The van der Waals surface area contributed by atoms with Crippen molar-refractivity contribution in [2.24, 2.45) is 0 Å². The minimum absolute atomic E-state index is 0.0827. The molecular weight excluding hydrogens is 503 g/mol. The molecule has 8 heteroatoms. The lowest BCUT2D eigenvalue weighted by Crippen LogP contribution is -2.30. The summed E-state index contributed by atoms with van der Waals surface area (Å²) in [5.41, 5.74) is 1.43. The lowest BCUT2D eigenvalue weighted by Gasteiger charge is -2.28. The second-order valence-corrected chi connectivity index (χ2v) is 9.33. The summed E-state index contributed by atoms with van der Waals surface area (Å²) < 4.78 is 46.1. The number of rotatable bonds is 13. The largest absolute Gasteiger partial charge is 0.494 e. The number of halogens is 4. The van der Waals surface area contributed by atoms with Crippen LogP contribution in [0.5, 0.6) is 5.75 Å². The zero-order chi connectivity index (χ0) is 26.8. The van der Waals surface area contributed by atoms with Crippen LogP contribution in [0.1, 0.15) is 47.9 Å². The summed E-state index contributed by atoms with van der Waals surface area (Å²) in [5, 5.41) is 8.73. The Morgan fingerprint density at radius 3 is 2.46 bits per heavy atom. The average Bonchev–Trinajstić information content (AvgIpc) is 2.85. The molecule has 0 amide bonds. The lowest BCUT2D eigenvalue weighted by atomic mass is 9.95. The fourth-order valence-electron chi connectivity index (χ4n) is 4.30. The number of benzene rings is 3. The van der Waals surface area contributed by atoms with Crippen molar-refractivity contribution in [1.82, 2.24) is 4.90 Å². The molecule has 37 heavy (non-hydrogen) atoms. The third-order valence-electron chi connectivity index (χ3n) is 6.16. The molecule has 1 unspecified atom stereocenters. The van der Waals surface area contributed by atoms with Crippen molar-refractivity contribution < 1.29 is 27.8 Å². The normalized spacial score (nSPS) is 12.5. The van der Waals surface area contributed by atoms with Gasteiger partial charge in [0.1, 0.15) is 5.75 Å². The fraction of sp³-hybridized carbons (Fsp3) is 0.345. The molecule has 1 atom stereocenters. The standard InChI is InChI=1S/C29H31ClF3NO3/c1-2-22(23-10-4-3-5-11-23)19-34(20-24-12-7-14-26(28(24)30)29(31,32)33)15-8-16-37-25-13-6-9-21(17-25)18-27(35)36/h3-7,9-14,17,22H,2,8,15-16,18-20H2,1H3,(H,35,36). The maximum Gasteiger partial charge on any atom is 0.417 e. The second kappa shape index (κ2) is 13.5. The van der Waals surface area contributed by atoms with Crippen molar-refractivity contribution in [2.45, 2.75) is 44.8 Å². The first-order valence-corrected chi connectivity index (χ1v) is 12.6. The molecule has 4 nitrogen and oxygen atoms in total. The highest BCUT2D eigenvalue weighted by atomic mass is 35.5. The molecule has 0 aliphatic carbocycles. The van der Waals surface area contributed by atoms with Gasteiger partial charge in [-0.15, -0.1) is 0 Å². The van der Waals surface area contributed by atoms with Crippen LogP contribution in [0.2, 0.25) is 5.02 Å². The van der Waals surface area contributed by atoms with E-state index in [0.717, 1.165) is 12.5 Å². The van der Waals surface area contributed by atoms with Gasteiger partial charge in [-0.05, 0) is 53.6 Å². The molecule has 1 N–H and O–H groups in total. The van der Waals surface area contributed by atoms with Gasteiger partial charge in [0.05, 0.1) is 23.6 Å². The molecule has 0 fully saturated rings. The number of carboxylic acids is 1. The van der Waals surface area contributed by atoms with Gasteiger partial charge in [-0.3, -0.25) is 9.69 Å². The SMILES string of the molecule is CCC(CN(CCCOc1cccc(CC(=O)O)c1)Cc1cccc(C(F)(F)F)c1Cl)c1ccccc1. The maximum absolute atomic E-state index is 13.4. The molecule has 0 spiro atoms. The van der Waals surface area contributed by atoms with Crippen LogP contribution in [-0.4, -0.2) is 35.7 Å². The Morgan fingerprint density at radius 1 is 1.05 bits per heavy atom. The van der Waals surface area contributed by atoms with Crippen molar-refractivity contribution >= 4 is 17.6 Å². The topological polar surface area (TPSA) is 49.8 Å². The van der Waals surface area contributed by atoms with Gasteiger partial charge in [-0.2, -0.15) is 13.2 Å². The van der Waals surface area contributed by atoms with E-state index in [1.165, 1.54) is 11.6 Å². The first-order valence-electron chi connectivity index (χ1n) is 12.2. The molecule has 0 heterocycles. The Kier molecular flexibility index (Phi) is 10.4. The van der Waals surface area contributed by atoms with Crippen LogP contribution in [0.25, 0.3) is 0 Å². The zero-order valence-corrected chi connectivity index (χ0v) is 21.4. The molecule has 0 saturated heterocycles. The van der Waals surface area contributed by atoms with Crippen LogP contribution in [0.3, 0.4) is 0 Å². The lowest BCUT2D eigenvalue weighted by molar-refractivity contribution is -0.138. The smallest absolute Gasteiger partial charge is 0.417 e. The Labute approximate surface area is 220 Å². The Hall–Kier alpha value is -3.03. The van der Waals surface area contributed by atoms with Crippen LogP contribution in [-0.2, 0) is 23.9 Å².